The number of nitrogens with zero attached hydrogens (tertiary/aromatic N) is 1. The molecule has 0 saturated carbocycles. The zero-order valence-electron chi connectivity index (χ0n) is 12.4. The van der Waals surface area contributed by atoms with Gasteiger partial charge in [0.15, 0.2) is 0 Å². The fraction of sp³-hybridized carbons (Fsp3) is 0.562. The molecule has 1 aliphatic heterocycles. The SMILES string of the molecule is CC(CC(=O)N1CCC(CO)C1)c1ccc(C(F)(F)F)cc1. The molecule has 22 heavy (non-hydrogen) atoms. The van der Waals surface area contributed by atoms with E-state index in [0.29, 0.717) is 13.1 Å². The zero-order chi connectivity index (χ0) is 16.3. The third-order valence-electron chi connectivity index (χ3n) is 4.18. The molecule has 2 rings (SSSR count). The smallest absolute Gasteiger partial charge is 0.396 e. The normalized spacial score (nSPS) is 20.2. The van der Waals surface area contributed by atoms with E-state index in [1.165, 1.54) is 12.1 Å². The van der Waals surface area contributed by atoms with E-state index >= 15 is 0 Å². The summed E-state index contributed by atoms with van der Waals surface area (Å²) in [6.07, 6.45) is -3.27. The minimum absolute atomic E-state index is 0.0108. The first-order valence-corrected chi connectivity index (χ1v) is 7.37. The van der Waals surface area contributed by atoms with Crippen LogP contribution in [-0.2, 0) is 11.0 Å². The summed E-state index contributed by atoms with van der Waals surface area (Å²) in [5.74, 6) is -0.00312. The van der Waals surface area contributed by atoms with Crippen LogP contribution in [0.1, 0.15) is 36.8 Å². The van der Waals surface area contributed by atoms with Gasteiger partial charge >= 0.3 is 6.18 Å². The summed E-state index contributed by atoms with van der Waals surface area (Å²) >= 11 is 0. The molecule has 1 aliphatic rings. The fourth-order valence-corrected chi connectivity index (χ4v) is 2.72. The van der Waals surface area contributed by atoms with Gasteiger partial charge in [0.1, 0.15) is 0 Å². The van der Waals surface area contributed by atoms with Gasteiger partial charge in [-0.25, -0.2) is 0 Å². The Hall–Kier alpha value is -1.56. The molecule has 0 bridgehead atoms. The lowest BCUT2D eigenvalue weighted by molar-refractivity contribution is -0.137. The maximum atomic E-state index is 12.5. The molecule has 1 N–H and O–H groups in total. The Morgan fingerprint density at radius 3 is 2.50 bits per heavy atom. The molecule has 0 aromatic heterocycles. The Kier molecular flexibility index (Phi) is 5.11. The molecule has 122 valence electrons. The lowest BCUT2D eigenvalue weighted by Gasteiger charge is -2.19. The highest BCUT2D eigenvalue weighted by Crippen LogP contribution is 2.31. The minimum atomic E-state index is -4.34. The number of benzene rings is 1. The van der Waals surface area contributed by atoms with Crippen LogP contribution in [0.2, 0.25) is 0 Å². The van der Waals surface area contributed by atoms with E-state index < -0.39 is 11.7 Å². The number of likely N-dealkylation sites (tertiary alicyclic amines) is 1. The second kappa shape index (κ2) is 6.69. The van der Waals surface area contributed by atoms with E-state index in [4.69, 9.17) is 5.11 Å². The molecular weight excluding hydrogens is 295 g/mol. The Morgan fingerprint density at radius 2 is 2.00 bits per heavy atom. The molecule has 1 amide bonds. The molecule has 0 aliphatic carbocycles. The van der Waals surface area contributed by atoms with Crippen molar-refractivity contribution in [3.05, 3.63) is 35.4 Å². The molecule has 1 aromatic carbocycles. The highest BCUT2D eigenvalue weighted by atomic mass is 19.4. The maximum absolute atomic E-state index is 12.5. The van der Waals surface area contributed by atoms with E-state index in [9.17, 15) is 18.0 Å². The molecule has 0 radical (unpaired) electrons. The summed E-state index contributed by atoms with van der Waals surface area (Å²) in [4.78, 5) is 13.9. The maximum Gasteiger partial charge on any atom is 0.416 e. The molecule has 2 atom stereocenters. The van der Waals surface area contributed by atoms with E-state index in [2.05, 4.69) is 0 Å². The quantitative estimate of drug-likeness (QED) is 0.928. The molecule has 1 saturated heterocycles. The third kappa shape index (κ3) is 4.00. The van der Waals surface area contributed by atoms with Crippen molar-refractivity contribution >= 4 is 5.91 Å². The van der Waals surface area contributed by atoms with Crippen molar-refractivity contribution in [2.45, 2.75) is 31.9 Å². The predicted molar refractivity (Wildman–Crippen MR) is 76.2 cm³/mol. The van der Waals surface area contributed by atoms with Crippen molar-refractivity contribution in [2.75, 3.05) is 19.7 Å². The van der Waals surface area contributed by atoms with E-state index in [0.717, 1.165) is 24.1 Å². The summed E-state index contributed by atoms with van der Waals surface area (Å²) in [6.45, 7) is 3.12. The van der Waals surface area contributed by atoms with Gasteiger partial charge in [-0.05, 0) is 30.0 Å². The number of rotatable bonds is 4. The highest BCUT2D eigenvalue weighted by Gasteiger charge is 2.30. The lowest BCUT2D eigenvalue weighted by Crippen LogP contribution is -2.30. The van der Waals surface area contributed by atoms with Gasteiger partial charge in [-0.1, -0.05) is 19.1 Å². The van der Waals surface area contributed by atoms with Gasteiger partial charge in [-0.3, -0.25) is 4.79 Å². The largest absolute Gasteiger partial charge is 0.416 e. The van der Waals surface area contributed by atoms with E-state index in [1.807, 2.05) is 6.92 Å². The topological polar surface area (TPSA) is 40.5 Å². The molecule has 1 heterocycles. The summed E-state index contributed by atoms with van der Waals surface area (Å²) in [5, 5.41) is 9.09. The first-order chi connectivity index (χ1) is 10.3. The van der Waals surface area contributed by atoms with E-state index in [1.54, 1.807) is 4.90 Å². The van der Waals surface area contributed by atoms with Gasteiger partial charge in [0.25, 0.3) is 0 Å². The van der Waals surface area contributed by atoms with Gasteiger partial charge in [-0.15, -0.1) is 0 Å². The zero-order valence-corrected chi connectivity index (χ0v) is 12.4. The second-order valence-corrected chi connectivity index (χ2v) is 5.90. The molecule has 6 heteroatoms. The van der Waals surface area contributed by atoms with Crippen molar-refractivity contribution in [3.8, 4) is 0 Å². The van der Waals surface area contributed by atoms with Crippen molar-refractivity contribution < 1.29 is 23.1 Å². The number of amides is 1. The van der Waals surface area contributed by atoms with Crippen LogP contribution in [0.3, 0.4) is 0 Å². The molecule has 1 fully saturated rings. The van der Waals surface area contributed by atoms with Crippen LogP contribution >= 0.6 is 0 Å². The minimum Gasteiger partial charge on any atom is -0.396 e. The molecular formula is C16H20F3NO2. The van der Waals surface area contributed by atoms with Crippen molar-refractivity contribution in [1.82, 2.24) is 4.90 Å². The molecule has 1 aromatic rings. The predicted octanol–water partition coefficient (Wildman–Crippen LogP) is 3.04. The van der Waals surface area contributed by atoms with Gasteiger partial charge in [0.2, 0.25) is 5.91 Å². The van der Waals surface area contributed by atoms with Gasteiger partial charge in [0.05, 0.1) is 5.56 Å². The molecule has 2 unspecified atom stereocenters. The van der Waals surface area contributed by atoms with Crippen molar-refractivity contribution in [1.29, 1.82) is 0 Å². The Balaban J connectivity index is 1.94. The number of halogens is 3. The van der Waals surface area contributed by atoms with Gasteiger partial charge in [-0.2, -0.15) is 13.2 Å². The number of aliphatic hydroxyl groups is 1. The van der Waals surface area contributed by atoms with Crippen molar-refractivity contribution in [3.63, 3.8) is 0 Å². The summed E-state index contributed by atoms with van der Waals surface area (Å²) in [7, 11) is 0. The summed E-state index contributed by atoms with van der Waals surface area (Å²) in [6, 6.07) is 4.96. The number of hydrogen-bond donors (Lipinski definition) is 1. The van der Waals surface area contributed by atoms with Crippen LogP contribution in [0.4, 0.5) is 13.2 Å². The standard InChI is InChI=1S/C16H20F3NO2/c1-11(8-15(22)20-7-6-12(9-20)10-21)13-2-4-14(5-3-13)16(17,18)19/h2-5,11-12,21H,6-10H2,1H3. The fourth-order valence-electron chi connectivity index (χ4n) is 2.72. The third-order valence-corrected chi connectivity index (χ3v) is 4.18. The number of carbonyl (C=O) groups excluding carboxylic acids is 1. The van der Waals surface area contributed by atoms with Gasteiger partial charge < -0.3 is 10.0 Å². The van der Waals surface area contributed by atoms with Crippen LogP contribution in [-0.4, -0.2) is 35.6 Å². The Morgan fingerprint density at radius 1 is 1.36 bits per heavy atom. The molecule has 0 spiro atoms. The van der Waals surface area contributed by atoms with Crippen LogP contribution in [0.15, 0.2) is 24.3 Å². The lowest BCUT2D eigenvalue weighted by atomic mass is 9.96. The second-order valence-electron chi connectivity index (χ2n) is 5.90. The van der Waals surface area contributed by atoms with Gasteiger partial charge in [0, 0.05) is 32.0 Å². The Labute approximate surface area is 127 Å². The Bertz CT molecular complexity index is 513. The monoisotopic (exact) mass is 315 g/mol. The number of carbonyl (C=O) groups is 1. The number of aliphatic hydroxyl groups excluding tert-OH is 1. The highest BCUT2D eigenvalue weighted by molar-refractivity contribution is 5.77. The van der Waals surface area contributed by atoms with Crippen LogP contribution < -0.4 is 0 Å². The number of hydrogen-bond acceptors (Lipinski definition) is 2. The van der Waals surface area contributed by atoms with Crippen LogP contribution in [0, 0.1) is 5.92 Å². The first-order valence-electron chi connectivity index (χ1n) is 7.37. The van der Waals surface area contributed by atoms with E-state index in [-0.39, 0.29) is 30.8 Å². The summed E-state index contributed by atoms with van der Waals surface area (Å²) < 4.78 is 37.6. The first kappa shape index (κ1) is 16.8. The molecule has 3 nitrogen and oxygen atoms in total. The summed E-state index contributed by atoms with van der Waals surface area (Å²) in [5.41, 5.74) is 0.0411. The number of alkyl halides is 3. The van der Waals surface area contributed by atoms with Crippen LogP contribution in [0.25, 0.3) is 0 Å². The average molecular weight is 315 g/mol. The van der Waals surface area contributed by atoms with Crippen molar-refractivity contribution in [2.24, 2.45) is 5.92 Å². The average Bonchev–Trinajstić information content (AvgIpc) is 2.95. The van der Waals surface area contributed by atoms with Crippen LogP contribution in [0.5, 0.6) is 0 Å².